The van der Waals surface area contributed by atoms with Crippen molar-refractivity contribution < 1.29 is 4.79 Å². The SMILES string of the molecule is CCN(C(=O)c1ccnc(Nc2ccccc2)n1)c1ccccc1. The monoisotopic (exact) mass is 318 g/mol. The molecule has 0 atom stereocenters. The minimum absolute atomic E-state index is 0.151. The van der Waals surface area contributed by atoms with E-state index in [0.717, 1.165) is 11.4 Å². The van der Waals surface area contributed by atoms with Crippen LogP contribution in [-0.4, -0.2) is 22.4 Å². The molecule has 24 heavy (non-hydrogen) atoms. The normalized spacial score (nSPS) is 10.2. The standard InChI is InChI=1S/C19H18N4O/c1-2-23(16-11-7-4-8-12-16)18(24)17-13-14-20-19(22-17)21-15-9-5-3-6-10-15/h3-14H,2H2,1H3,(H,20,21,22). The molecule has 5 nitrogen and oxygen atoms in total. The summed E-state index contributed by atoms with van der Waals surface area (Å²) in [6, 6.07) is 20.8. The first-order valence-electron chi connectivity index (χ1n) is 7.80. The van der Waals surface area contributed by atoms with Gasteiger partial charge in [-0.15, -0.1) is 0 Å². The number of rotatable bonds is 5. The fourth-order valence-electron chi connectivity index (χ4n) is 2.38. The van der Waals surface area contributed by atoms with Crippen LogP contribution in [0.3, 0.4) is 0 Å². The van der Waals surface area contributed by atoms with Gasteiger partial charge in [0.15, 0.2) is 0 Å². The lowest BCUT2D eigenvalue weighted by Crippen LogP contribution is -2.31. The molecule has 0 unspecified atom stereocenters. The van der Waals surface area contributed by atoms with Gasteiger partial charge in [-0.1, -0.05) is 36.4 Å². The van der Waals surface area contributed by atoms with Crippen molar-refractivity contribution >= 4 is 23.2 Å². The summed E-state index contributed by atoms with van der Waals surface area (Å²) >= 11 is 0. The molecule has 3 aromatic rings. The minimum atomic E-state index is -0.151. The van der Waals surface area contributed by atoms with Crippen LogP contribution in [0.1, 0.15) is 17.4 Å². The first-order chi connectivity index (χ1) is 11.8. The van der Waals surface area contributed by atoms with Crippen molar-refractivity contribution in [2.24, 2.45) is 0 Å². The lowest BCUT2D eigenvalue weighted by atomic mass is 10.2. The van der Waals surface area contributed by atoms with Gasteiger partial charge in [-0.3, -0.25) is 4.79 Å². The van der Waals surface area contributed by atoms with Gasteiger partial charge in [-0.2, -0.15) is 0 Å². The third-order valence-corrected chi connectivity index (χ3v) is 3.53. The van der Waals surface area contributed by atoms with Crippen LogP contribution in [0.15, 0.2) is 72.9 Å². The Morgan fingerprint density at radius 1 is 1.00 bits per heavy atom. The zero-order valence-electron chi connectivity index (χ0n) is 13.4. The van der Waals surface area contributed by atoms with Crippen molar-refractivity contribution in [3.8, 4) is 0 Å². The van der Waals surface area contributed by atoms with E-state index < -0.39 is 0 Å². The van der Waals surface area contributed by atoms with E-state index in [-0.39, 0.29) is 5.91 Å². The lowest BCUT2D eigenvalue weighted by Gasteiger charge is -2.20. The van der Waals surface area contributed by atoms with Crippen LogP contribution in [0.4, 0.5) is 17.3 Å². The molecule has 3 rings (SSSR count). The number of aromatic nitrogens is 2. The first kappa shape index (κ1) is 15.7. The molecule has 1 N–H and O–H groups in total. The van der Waals surface area contributed by atoms with E-state index in [1.165, 1.54) is 0 Å². The Morgan fingerprint density at radius 3 is 2.33 bits per heavy atom. The average Bonchev–Trinajstić information content (AvgIpc) is 2.64. The van der Waals surface area contributed by atoms with E-state index in [0.29, 0.717) is 18.2 Å². The third-order valence-electron chi connectivity index (χ3n) is 3.53. The Labute approximate surface area is 141 Å². The largest absolute Gasteiger partial charge is 0.324 e. The predicted molar refractivity (Wildman–Crippen MR) is 95.5 cm³/mol. The summed E-state index contributed by atoms with van der Waals surface area (Å²) in [6.45, 7) is 2.50. The van der Waals surface area contributed by atoms with Crippen molar-refractivity contribution in [2.45, 2.75) is 6.92 Å². The number of carbonyl (C=O) groups excluding carboxylic acids is 1. The molecule has 120 valence electrons. The lowest BCUT2D eigenvalue weighted by molar-refractivity contribution is 0.0983. The van der Waals surface area contributed by atoms with Gasteiger partial charge in [-0.05, 0) is 37.3 Å². The van der Waals surface area contributed by atoms with Gasteiger partial charge in [0, 0.05) is 24.1 Å². The summed E-state index contributed by atoms with van der Waals surface area (Å²) in [6.07, 6.45) is 1.59. The van der Waals surface area contributed by atoms with Crippen LogP contribution >= 0.6 is 0 Å². The molecular weight excluding hydrogens is 300 g/mol. The van der Waals surface area contributed by atoms with E-state index in [4.69, 9.17) is 0 Å². The Balaban J connectivity index is 1.83. The summed E-state index contributed by atoms with van der Waals surface area (Å²) in [5.74, 6) is 0.248. The van der Waals surface area contributed by atoms with Crippen molar-refractivity contribution in [3.05, 3.63) is 78.6 Å². The molecule has 0 spiro atoms. The molecule has 2 aromatic carbocycles. The smallest absolute Gasteiger partial charge is 0.277 e. The van der Waals surface area contributed by atoms with Gasteiger partial charge in [-0.25, -0.2) is 9.97 Å². The van der Waals surface area contributed by atoms with Gasteiger partial charge in [0.1, 0.15) is 5.69 Å². The van der Waals surface area contributed by atoms with Crippen LogP contribution in [0.2, 0.25) is 0 Å². The number of hydrogen-bond donors (Lipinski definition) is 1. The highest BCUT2D eigenvalue weighted by Crippen LogP contribution is 2.17. The molecule has 0 saturated heterocycles. The van der Waals surface area contributed by atoms with Crippen LogP contribution in [0.5, 0.6) is 0 Å². The summed E-state index contributed by atoms with van der Waals surface area (Å²) in [7, 11) is 0. The van der Waals surface area contributed by atoms with E-state index in [1.807, 2.05) is 67.6 Å². The fourth-order valence-corrected chi connectivity index (χ4v) is 2.38. The summed E-state index contributed by atoms with van der Waals surface area (Å²) in [4.78, 5) is 23.0. The topological polar surface area (TPSA) is 58.1 Å². The number of anilines is 3. The first-order valence-corrected chi connectivity index (χ1v) is 7.80. The molecule has 0 radical (unpaired) electrons. The van der Waals surface area contributed by atoms with Crippen LogP contribution < -0.4 is 10.2 Å². The number of hydrogen-bond acceptors (Lipinski definition) is 4. The van der Waals surface area contributed by atoms with Crippen molar-refractivity contribution in [3.63, 3.8) is 0 Å². The Kier molecular flexibility index (Phi) is 4.81. The van der Waals surface area contributed by atoms with E-state index >= 15 is 0 Å². The molecule has 1 aromatic heterocycles. The second-order valence-electron chi connectivity index (χ2n) is 5.14. The Bertz CT molecular complexity index is 806. The quantitative estimate of drug-likeness (QED) is 0.775. The molecule has 0 aliphatic heterocycles. The van der Waals surface area contributed by atoms with Crippen molar-refractivity contribution in [1.29, 1.82) is 0 Å². The van der Waals surface area contributed by atoms with Gasteiger partial charge in [0.25, 0.3) is 5.91 Å². The van der Waals surface area contributed by atoms with E-state index in [1.54, 1.807) is 17.2 Å². The van der Waals surface area contributed by atoms with Crippen LogP contribution in [0, 0.1) is 0 Å². The summed E-state index contributed by atoms with van der Waals surface area (Å²) < 4.78 is 0. The second-order valence-corrected chi connectivity index (χ2v) is 5.14. The fraction of sp³-hybridized carbons (Fsp3) is 0.105. The molecule has 0 bridgehead atoms. The summed E-state index contributed by atoms with van der Waals surface area (Å²) in [5.41, 5.74) is 2.08. The van der Waals surface area contributed by atoms with E-state index in [9.17, 15) is 4.79 Å². The minimum Gasteiger partial charge on any atom is -0.324 e. The molecule has 0 fully saturated rings. The molecule has 0 saturated carbocycles. The maximum absolute atomic E-state index is 12.8. The van der Waals surface area contributed by atoms with Gasteiger partial charge in [0.05, 0.1) is 0 Å². The maximum Gasteiger partial charge on any atom is 0.277 e. The number of carbonyl (C=O) groups is 1. The number of amides is 1. The zero-order chi connectivity index (χ0) is 16.8. The molecule has 1 heterocycles. The Morgan fingerprint density at radius 2 is 1.67 bits per heavy atom. The number of para-hydroxylation sites is 2. The number of nitrogens with one attached hydrogen (secondary N) is 1. The number of benzene rings is 2. The molecule has 0 aliphatic carbocycles. The maximum atomic E-state index is 12.8. The van der Waals surface area contributed by atoms with Crippen molar-refractivity contribution in [2.75, 3.05) is 16.8 Å². The highest BCUT2D eigenvalue weighted by Gasteiger charge is 2.17. The molecule has 5 heteroatoms. The molecule has 0 aliphatic rings. The van der Waals surface area contributed by atoms with Crippen molar-refractivity contribution in [1.82, 2.24) is 9.97 Å². The van der Waals surface area contributed by atoms with Gasteiger partial charge < -0.3 is 10.2 Å². The van der Waals surface area contributed by atoms with Gasteiger partial charge in [0.2, 0.25) is 5.95 Å². The second kappa shape index (κ2) is 7.37. The highest BCUT2D eigenvalue weighted by molar-refractivity contribution is 6.04. The highest BCUT2D eigenvalue weighted by atomic mass is 16.2. The average molecular weight is 318 g/mol. The summed E-state index contributed by atoms with van der Waals surface area (Å²) in [5, 5.41) is 3.10. The number of nitrogens with zero attached hydrogens (tertiary/aromatic N) is 3. The van der Waals surface area contributed by atoms with Crippen LogP contribution in [0.25, 0.3) is 0 Å². The third kappa shape index (κ3) is 3.57. The molecule has 1 amide bonds. The van der Waals surface area contributed by atoms with E-state index in [2.05, 4.69) is 15.3 Å². The van der Waals surface area contributed by atoms with Gasteiger partial charge >= 0.3 is 0 Å². The molecular formula is C19H18N4O. The van der Waals surface area contributed by atoms with Crippen LogP contribution in [-0.2, 0) is 0 Å². The predicted octanol–water partition coefficient (Wildman–Crippen LogP) is 3.89. The zero-order valence-corrected chi connectivity index (χ0v) is 13.4. The Hall–Kier alpha value is -3.21.